The number of anilines is 1. The number of nitrogens with zero attached hydrogens (tertiary/aromatic N) is 1. The fourth-order valence-corrected chi connectivity index (χ4v) is 2.45. The topological polar surface area (TPSA) is 101 Å². The zero-order valence-electron chi connectivity index (χ0n) is 14.4. The van der Waals surface area contributed by atoms with Gasteiger partial charge in [-0.3, -0.25) is 19.7 Å². The zero-order chi connectivity index (χ0) is 20.0. The van der Waals surface area contributed by atoms with Gasteiger partial charge in [0.1, 0.15) is 11.6 Å². The number of carbonyl (C=O) groups excluding carboxylic acids is 2. The van der Waals surface area contributed by atoms with Gasteiger partial charge < -0.3 is 10.6 Å². The number of amides is 2. The minimum absolute atomic E-state index is 0.0965. The largest absolute Gasteiger partial charge is 0.347 e. The van der Waals surface area contributed by atoms with Crippen LogP contribution in [0.4, 0.5) is 20.2 Å². The van der Waals surface area contributed by atoms with E-state index in [4.69, 9.17) is 0 Å². The highest BCUT2D eigenvalue weighted by atomic mass is 19.1. The number of nitro benzene ring substituents is 1. The Labute approximate surface area is 153 Å². The number of rotatable bonds is 6. The van der Waals surface area contributed by atoms with Crippen LogP contribution < -0.4 is 10.6 Å². The van der Waals surface area contributed by atoms with Crippen LogP contribution in [0.3, 0.4) is 0 Å². The van der Waals surface area contributed by atoms with Crippen molar-refractivity contribution in [3.05, 3.63) is 69.3 Å². The van der Waals surface area contributed by atoms with Crippen LogP contribution >= 0.6 is 0 Å². The van der Waals surface area contributed by atoms with E-state index in [9.17, 15) is 28.5 Å². The Hall–Kier alpha value is -3.36. The van der Waals surface area contributed by atoms with Crippen molar-refractivity contribution >= 4 is 23.2 Å². The van der Waals surface area contributed by atoms with Gasteiger partial charge in [0.2, 0.25) is 0 Å². The molecule has 0 bridgehead atoms. The fraction of sp³-hybridized carbons (Fsp3) is 0.222. The lowest BCUT2D eigenvalue weighted by atomic mass is 10.1. The van der Waals surface area contributed by atoms with Gasteiger partial charge in [-0.2, -0.15) is 0 Å². The molecular weight excluding hydrogens is 360 g/mol. The van der Waals surface area contributed by atoms with Crippen LogP contribution in [0.2, 0.25) is 0 Å². The predicted octanol–water partition coefficient (Wildman–Crippen LogP) is 2.73. The van der Waals surface area contributed by atoms with Gasteiger partial charge in [0.15, 0.2) is 0 Å². The van der Waals surface area contributed by atoms with Gasteiger partial charge in [-0.15, -0.1) is 0 Å². The number of hydrogen-bond acceptors (Lipinski definition) is 4. The van der Waals surface area contributed by atoms with Gasteiger partial charge in [0, 0.05) is 29.4 Å². The van der Waals surface area contributed by atoms with Crippen LogP contribution in [-0.2, 0) is 22.4 Å². The molecule has 0 spiro atoms. The molecule has 0 aliphatic heterocycles. The second kappa shape index (κ2) is 8.84. The lowest BCUT2D eigenvalue weighted by molar-refractivity contribution is -0.385. The van der Waals surface area contributed by atoms with Crippen LogP contribution in [0.5, 0.6) is 0 Å². The minimum Gasteiger partial charge on any atom is -0.347 e. The lowest BCUT2D eigenvalue weighted by Gasteiger charge is -2.08. The lowest BCUT2D eigenvalue weighted by Crippen LogP contribution is -2.36. The molecule has 2 aromatic carbocycles. The number of benzene rings is 2. The summed E-state index contributed by atoms with van der Waals surface area (Å²) in [5.74, 6) is -3.54. The average Bonchev–Trinajstić information content (AvgIpc) is 2.63. The van der Waals surface area contributed by atoms with E-state index < -0.39 is 28.4 Å². The molecule has 2 N–H and O–H groups in total. The quantitative estimate of drug-likeness (QED) is 0.459. The molecule has 0 aliphatic rings. The molecule has 0 heterocycles. The van der Waals surface area contributed by atoms with E-state index in [-0.39, 0.29) is 29.9 Å². The smallest absolute Gasteiger partial charge is 0.313 e. The summed E-state index contributed by atoms with van der Waals surface area (Å²) in [5.41, 5.74) is 0.239. The third-order valence-electron chi connectivity index (χ3n) is 3.85. The van der Waals surface area contributed by atoms with Crippen molar-refractivity contribution in [2.45, 2.75) is 19.8 Å². The maximum absolute atomic E-state index is 13.5. The monoisotopic (exact) mass is 377 g/mol. The molecule has 27 heavy (non-hydrogen) atoms. The molecule has 0 aliphatic carbocycles. The second-order valence-electron chi connectivity index (χ2n) is 5.61. The van der Waals surface area contributed by atoms with Crippen molar-refractivity contribution in [2.75, 3.05) is 11.9 Å². The van der Waals surface area contributed by atoms with Crippen molar-refractivity contribution in [1.29, 1.82) is 0 Å². The van der Waals surface area contributed by atoms with Gasteiger partial charge in [-0.05, 0) is 31.0 Å². The van der Waals surface area contributed by atoms with E-state index in [0.29, 0.717) is 12.0 Å². The van der Waals surface area contributed by atoms with E-state index in [1.807, 2.05) is 0 Å². The molecule has 2 rings (SSSR count). The highest BCUT2D eigenvalue weighted by Gasteiger charge is 2.18. The standard InChI is InChI=1S/C18H17F2N3O4/c1-2-11-6-7-12(10-16(11)23(26)27)22-18(25)17(24)21-9-8-13-14(19)4-3-5-15(13)20/h3-7,10H,2,8-9H2,1H3,(H,21,24)(H,22,25). The Morgan fingerprint density at radius 2 is 1.78 bits per heavy atom. The number of halogens is 2. The molecule has 0 aromatic heterocycles. The third-order valence-corrected chi connectivity index (χ3v) is 3.85. The summed E-state index contributed by atoms with van der Waals surface area (Å²) in [4.78, 5) is 34.2. The van der Waals surface area contributed by atoms with Crippen LogP contribution in [0.15, 0.2) is 36.4 Å². The van der Waals surface area contributed by atoms with Crippen LogP contribution in [0, 0.1) is 21.7 Å². The third kappa shape index (κ3) is 5.06. The molecule has 0 radical (unpaired) electrons. The molecule has 0 saturated carbocycles. The molecule has 0 unspecified atom stereocenters. The van der Waals surface area contributed by atoms with E-state index in [1.165, 1.54) is 24.3 Å². The molecule has 2 aromatic rings. The van der Waals surface area contributed by atoms with Gasteiger partial charge in [-0.1, -0.05) is 19.1 Å². The van der Waals surface area contributed by atoms with Crippen molar-refractivity contribution in [3.8, 4) is 0 Å². The Bertz CT molecular complexity index is 867. The molecule has 0 atom stereocenters. The van der Waals surface area contributed by atoms with Crippen molar-refractivity contribution < 1.29 is 23.3 Å². The first kappa shape index (κ1) is 20.0. The number of hydrogen-bond donors (Lipinski definition) is 2. The first-order valence-corrected chi connectivity index (χ1v) is 8.12. The maximum Gasteiger partial charge on any atom is 0.313 e. The van der Waals surface area contributed by atoms with Crippen molar-refractivity contribution in [2.24, 2.45) is 0 Å². The molecule has 7 nitrogen and oxygen atoms in total. The first-order valence-electron chi connectivity index (χ1n) is 8.12. The number of nitro groups is 1. The summed E-state index contributed by atoms with van der Waals surface area (Å²) in [6, 6.07) is 7.53. The van der Waals surface area contributed by atoms with Gasteiger partial charge in [-0.25, -0.2) is 8.78 Å². The van der Waals surface area contributed by atoms with E-state index in [0.717, 1.165) is 12.1 Å². The Morgan fingerprint density at radius 1 is 1.11 bits per heavy atom. The maximum atomic E-state index is 13.5. The zero-order valence-corrected chi connectivity index (χ0v) is 14.4. The average molecular weight is 377 g/mol. The van der Waals surface area contributed by atoms with E-state index >= 15 is 0 Å². The molecule has 0 saturated heterocycles. The predicted molar refractivity (Wildman–Crippen MR) is 94.2 cm³/mol. The molecule has 2 amide bonds. The van der Waals surface area contributed by atoms with Crippen LogP contribution in [0.25, 0.3) is 0 Å². The Morgan fingerprint density at radius 3 is 2.37 bits per heavy atom. The van der Waals surface area contributed by atoms with Gasteiger partial charge in [0.05, 0.1) is 4.92 Å². The van der Waals surface area contributed by atoms with Gasteiger partial charge in [0.25, 0.3) is 5.69 Å². The SMILES string of the molecule is CCc1ccc(NC(=O)C(=O)NCCc2c(F)cccc2F)cc1[N+](=O)[O-]. The molecular formula is C18H17F2N3O4. The highest BCUT2D eigenvalue weighted by Crippen LogP contribution is 2.23. The van der Waals surface area contributed by atoms with Gasteiger partial charge >= 0.3 is 11.8 Å². The Balaban J connectivity index is 1.95. The van der Waals surface area contributed by atoms with E-state index in [1.54, 1.807) is 6.92 Å². The summed E-state index contributed by atoms with van der Waals surface area (Å²) in [7, 11) is 0. The summed E-state index contributed by atoms with van der Waals surface area (Å²) >= 11 is 0. The first-order chi connectivity index (χ1) is 12.8. The van der Waals surface area contributed by atoms with Crippen LogP contribution in [-0.4, -0.2) is 23.3 Å². The van der Waals surface area contributed by atoms with Crippen LogP contribution in [0.1, 0.15) is 18.1 Å². The Kier molecular flexibility index (Phi) is 6.53. The second-order valence-corrected chi connectivity index (χ2v) is 5.61. The number of carbonyl (C=O) groups is 2. The fourth-order valence-electron chi connectivity index (χ4n) is 2.45. The minimum atomic E-state index is -1.04. The highest BCUT2D eigenvalue weighted by molar-refractivity contribution is 6.39. The summed E-state index contributed by atoms with van der Waals surface area (Å²) in [6.07, 6.45) is 0.311. The molecule has 142 valence electrons. The molecule has 0 fully saturated rings. The normalized spacial score (nSPS) is 10.3. The summed E-state index contributed by atoms with van der Waals surface area (Å²) < 4.78 is 27.0. The number of nitrogens with one attached hydrogen (secondary N) is 2. The summed E-state index contributed by atoms with van der Waals surface area (Å²) in [6.45, 7) is 1.60. The molecule has 9 heteroatoms. The van der Waals surface area contributed by atoms with Crippen molar-refractivity contribution in [3.63, 3.8) is 0 Å². The number of aryl methyl sites for hydroxylation is 1. The van der Waals surface area contributed by atoms with E-state index in [2.05, 4.69) is 10.6 Å². The summed E-state index contributed by atoms with van der Waals surface area (Å²) in [5, 5.41) is 15.5. The van der Waals surface area contributed by atoms with Crippen molar-refractivity contribution in [1.82, 2.24) is 5.32 Å².